The van der Waals surface area contributed by atoms with Crippen LogP contribution in [0.3, 0.4) is 0 Å². The lowest BCUT2D eigenvalue weighted by Gasteiger charge is -2.24. The fraction of sp³-hybridized carbons (Fsp3) is 0.286. The van der Waals surface area contributed by atoms with Gasteiger partial charge in [0, 0.05) is 6.54 Å². The Labute approximate surface area is 112 Å². The van der Waals surface area contributed by atoms with Gasteiger partial charge in [-0.05, 0) is 37.2 Å². The molecule has 1 aromatic carbocycles. The topological polar surface area (TPSA) is 42.4 Å². The van der Waals surface area contributed by atoms with Crippen LogP contribution in [0, 0.1) is 0 Å². The van der Waals surface area contributed by atoms with E-state index >= 15 is 0 Å². The van der Waals surface area contributed by atoms with Crippen molar-refractivity contribution in [3.05, 3.63) is 53.4 Å². The average Bonchev–Trinajstić information content (AvgIpc) is 2.88. The predicted molar refractivity (Wildman–Crippen MR) is 74.9 cm³/mol. The van der Waals surface area contributed by atoms with Crippen molar-refractivity contribution in [3.8, 4) is 0 Å². The van der Waals surface area contributed by atoms with Crippen molar-refractivity contribution in [1.82, 2.24) is 0 Å². The second kappa shape index (κ2) is 6.47. The van der Waals surface area contributed by atoms with E-state index in [1.807, 2.05) is 36.4 Å². The van der Waals surface area contributed by atoms with Crippen LogP contribution < -0.4 is 10.6 Å². The molecule has 0 saturated heterocycles. The summed E-state index contributed by atoms with van der Waals surface area (Å²) in [6.07, 6.45) is 2.61. The van der Waals surface area contributed by atoms with E-state index < -0.39 is 0 Å². The molecule has 0 unspecified atom stereocenters. The maximum Gasteiger partial charge on any atom is 0.123 e. The minimum absolute atomic E-state index is 0.666. The lowest BCUT2D eigenvalue weighted by molar-refractivity contribution is 0.501. The quantitative estimate of drug-likeness (QED) is 0.871. The Balaban J connectivity index is 2.16. The highest BCUT2D eigenvalue weighted by Gasteiger charge is 2.11. The second-order valence-electron chi connectivity index (χ2n) is 4.09. The van der Waals surface area contributed by atoms with Crippen LogP contribution in [0.4, 0.5) is 5.69 Å². The smallest absolute Gasteiger partial charge is 0.123 e. The van der Waals surface area contributed by atoms with Crippen LogP contribution >= 0.6 is 11.6 Å². The zero-order chi connectivity index (χ0) is 12.8. The van der Waals surface area contributed by atoms with E-state index in [1.54, 1.807) is 6.26 Å². The number of furan rings is 1. The largest absolute Gasteiger partial charge is 0.467 e. The van der Waals surface area contributed by atoms with E-state index in [0.29, 0.717) is 13.1 Å². The van der Waals surface area contributed by atoms with Crippen LogP contribution in [-0.4, -0.2) is 13.1 Å². The third-order valence-corrected chi connectivity index (χ3v) is 3.07. The lowest BCUT2D eigenvalue weighted by atomic mass is 10.2. The van der Waals surface area contributed by atoms with E-state index in [-0.39, 0.29) is 0 Å². The van der Waals surface area contributed by atoms with Gasteiger partial charge in [0.2, 0.25) is 0 Å². The van der Waals surface area contributed by atoms with Crippen molar-refractivity contribution >= 4 is 17.3 Å². The molecular formula is C14H17ClN2O. The Morgan fingerprint density at radius 3 is 2.67 bits per heavy atom. The van der Waals surface area contributed by atoms with Crippen LogP contribution in [0.5, 0.6) is 0 Å². The molecule has 3 nitrogen and oxygen atoms in total. The van der Waals surface area contributed by atoms with Gasteiger partial charge in [-0.1, -0.05) is 23.7 Å². The number of anilines is 1. The number of rotatable bonds is 6. The Kier molecular flexibility index (Phi) is 4.67. The summed E-state index contributed by atoms with van der Waals surface area (Å²) in [5, 5.41) is 0.751. The first-order chi connectivity index (χ1) is 8.81. The molecular weight excluding hydrogens is 248 g/mol. The molecule has 1 aromatic heterocycles. The Bertz CT molecular complexity index is 470. The molecule has 0 spiro atoms. The number of nitrogens with two attached hydrogens (primary N) is 1. The van der Waals surface area contributed by atoms with Crippen LogP contribution in [-0.2, 0) is 6.54 Å². The number of hydrogen-bond donors (Lipinski definition) is 1. The molecule has 0 aliphatic carbocycles. The van der Waals surface area contributed by atoms with Crippen LogP contribution in [0.2, 0.25) is 5.02 Å². The molecule has 4 heteroatoms. The van der Waals surface area contributed by atoms with E-state index in [4.69, 9.17) is 21.8 Å². The molecule has 0 aliphatic heterocycles. The summed E-state index contributed by atoms with van der Waals surface area (Å²) in [7, 11) is 0. The van der Waals surface area contributed by atoms with Gasteiger partial charge in [0.05, 0.1) is 23.5 Å². The van der Waals surface area contributed by atoms with Crippen LogP contribution in [0.1, 0.15) is 12.2 Å². The highest BCUT2D eigenvalue weighted by molar-refractivity contribution is 6.33. The Morgan fingerprint density at radius 1 is 1.17 bits per heavy atom. The van der Waals surface area contributed by atoms with Gasteiger partial charge in [-0.2, -0.15) is 0 Å². The molecule has 2 rings (SSSR count). The third kappa shape index (κ3) is 3.28. The molecule has 18 heavy (non-hydrogen) atoms. The van der Waals surface area contributed by atoms with E-state index in [1.165, 1.54) is 0 Å². The van der Waals surface area contributed by atoms with Crippen LogP contribution in [0.25, 0.3) is 0 Å². The number of nitrogens with zero attached hydrogens (tertiary/aromatic N) is 1. The minimum Gasteiger partial charge on any atom is -0.467 e. The normalized spacial score (nSPS) is 10.6. The summed E-state index contributed by atoms with van der Waals surface area (Å²) in [6, 6.07) is 11.7. The summed E-state index contributed by atoms with van der Waals surface area (Å²) >= 11 is 6.23. The first-order valence-electron chi connectivity index (χ1n) is 6.03. The van der Waals surface area contributed by atoms with Crippen molar-refractivity contribution in [1.29, 1.82) is 0 Å². The number of benzene rings is 1. The van der Waals surface area contributed by atoms with E-state index in [0.717, 1.165) is 29.4 Å². The molecule has 0 fully saturated rings. The van der Waals surface area contributed by atoms with Gasteiger partial charge in [-0.15, -0.1) is 0 Å². The molecule has 0 aliphatic rings. The highest BCUT2D eigenvalue weighted by atomic mass is 35.5. The lowest BCUT2D eigenvalue weighted by Crippen LogP contribution is -2.25. The Morgan fingerprint density at radius 2 is 2.00 bits per heavy atom. The monoisotopic (exact) mass is 264 g/mol. The third-order valence-electron chi connectivity index (χ3n) is 2.75. The fourth-order valence-corrected chi connectivity index (χ4v) is 2.12. The van der Waals surface area contributed by atoms with Crippen molar-refractivity contribution in [2.45, 2.75) is 13.0 Å². The van der Waals surface area contributed by atoms with Crippen molar-refractivity contribution in [2.24, 2.45) is 5.73 Å². The Hall–Kier alpha value is -1.45. The maximum atomic E-state index is 6.23. The minimum atomic E-state index is 0.666. The van der Waals surface area contributed by atoms with Crippen molar-refractivity contribution in [3.63, 3.8) is 0 Å². The summed E-state index contributed by atoms with van der Waals surface area (Å²) in [6.45, 7) is 2.23. The van der Waals surface area contributed by atoms with Gasteiger partial charge in [-0.3, -0.25) is 0 Å². The standard InChI is InChI=1S/C14H17ClN2O/c15-13-6-1-2-7-14(13)17(9-4-8-16)11-12-5-3-10-18-12/h1-3,5-7,10H,4,8-9,11,16H2. The molecule has 0 atom stereocenters. The summed E-state index contributed by atoms with van der Waals surface area (Å²) in [5.41, 5.74) is 6.60. The van der Waals surface area contributed by atoms with Gasteiger partial charge < -0.3 is 15.1 Å². The molecule has 0 amide bonds. The zero-order valence-corrected chi connectivity index (χ0v) is 10.9. The maximum absolute atomic E-state index is 6.23. The first kappa shape index (κ1) is 13.0. The van der Waals surface area contributed by atoms with Gasteiger partial charge in [0.1, 0.15) is 5.76 Å². The predicted octanol–water partition coefficient (Wildman–Crippen LogP) is 3.29. The van der Waals surface area contributed by atoms with Gasteiger partial charge in [-0.25, -0.2) is 0 Å². The zero-order valence-electron chi connectivity index (χ0n) is 10.2. The number of para-hydroxylation sites is 1. The van der Waals surface area contributed by atoms with E-state index in [2.05, 4.69) is 4.90 Å². The van der Waals surface area contributed by atoms with Gasteiger partial charge in [0.25, 0.3) is 0 Å². The van der Waals surface area contributed by atoms with Crippen LogP contribution in [0.15, 0.2) is 47.1 Å². The van der Waals surface area contributed by atoms with Crippen molar-refractivity contribution in [2.75, 3.05) is 18.0 Å². The van der Waals surface area contributed by atoms with E-state index in [9.17, 15) is 0 Å². The number of halogens is 1. The van der Waals surface area contributed by atoms with Crippen molar-refractivity contribution < 1.29 is 4.42 Å². The van der Waals surface area contributed by atoms with Gasteiger partial charge >= 0.3 is 0 Å². The molecule has 0 bridgehead atoms. The first-order valence-corrected chi connectivity index (χ1v) is 6.41. The molecule has 2 aromatic rings. The average molecular weight is 265 g/mol. The highest BCUT2D eigenvalue weighted by Crippen LogP contribution is 2.26. The molecule has 0 saturated carbocycles. The molecule has 2 N–H and O–H groups in total. The SMILES string of the molecule is NCCCN(Cc1ccco1)c1ccccc1Cl. The summed E-state index contributed by atoms with van der Waals surface area (Å²) in [5.74, 6) is 0.923. The number of hydrogen-bond acceptors (Lipinski definition) is 3. The molecule has 96 valence electrons. The summed E-state index contributed by atoms with van der Waals surface area (Å²) in [4.78, 5) is 2.19. The van der Waals surface area contributed by atoms with Gasteiger partial charge in [0.15, 0.2) is 0 Å². The second-order valence-corrected chi connectivity index (χ2v) is 4.50. The fourth-order valence-electron chi connectivity index (χ4n) is 1.87. The molecule has 0 radical (unpaired) electrons. The summed E-state index contributed by atoms with van der Waals surface area (Å²) < 4.78 is 5.39. The molecule has 1 heterocycles.